The maximum Gasteiger partial charge on any atom is 0.242 e. The van der Waals surface area contributed by atoms with Gasteiger partial charge < -0.3 is 16.0 Å². The third kappa shape index (κ3) is 3.37. The summed E-state index contributed by atoms with van der Waals surface area (Å²) in [4.78, 5) is 26.7. The topological polar surface area (TPSA) is 73.5 Å². The number of hydrogen-bond acceptors (Lipinski definition) is 4. The van der Waals surface area contributed by atoms with Crippen molar-refractivity contribution in [2.45, 2.75) is 56.7 Å². The molecule has 6 nitrogen and oxygen atoms in total. The quantitative estimate of drug-likeness (QED) is 0.662. The standard InChI is InChI=1S/C15H26N4O2/c20-14-12(3-1-7-17-14)18-15(21)13-4-2-10-19(13)11-5-8-16-9-6-11/h11-13,16H,1-10H2,(H,17,20)(H,18,21). The van der Waals surface area contributed by atoms with Gasteiger partial charge in [0.05, 0.1) is 6.04 Å². The molecule has 2 unspecified atom stereocenters. The lowest BCUT2D eigenvalue weighted by Crippen LogP contribution is -2.56. The van der Waals surface area contributed by atoms with Gasteiger partial charge in [0.2, 0.25) is 11.8 Å². The van der Waals surface area contributed by atoms with Crippen molar-refractivity contribution in [2.24, 2.45) is 0 Å². The molecule has 2 amide bonds. The lowest BCUT2D eigenvalue weighted by atomic mass is 10.0. The molecule has 118 valence electrons. The molecule has 3 fully saturated rings. The van der Waals surface area contributed by atoms with Crippen molar-refractivity contribution in [3.8, 4) is 0 Å². The molecule has 0 spiro atoms. The van der Waals surface area contributed by atoms with Crippen molar-refractivity contribution in [3.05, 3.63) is 0 Å². The fourth-order valence-electron chi connectivity index (χ4n) is 3.82. The van der Waals surface area contributed by atoms with E-state index in [0.717, 1.165) is 64.7 Å². The number of nitrogens with zero attached hydrogens (tertiary/aromatic N) is 1. The third-order valence-corrected chi connectivity index (χ3v) is 4.98. The fourth-order valence-corrected chi connectivity index (χ4v) is 3.82. The second-order valence-corrected chi connectivity index (χ2v) is 6.37. The highest BCUT2D eigenvalue weighted by molar-refractivity contribution is 5.90. The highest BCUT2D eigenvalue weighted by atomic mass is 16.2. The number of hydrogen-bond donors (Lipinski definition) is 3. The van der Waals surface area contributed by atoms with Crippen LogP contribution in [0.4, 0.5) is 0 Å². The second kappa shape index (κ2) is 6.75. The van der Waals surface area contributed by atoms with Crippen LogP contribution in [0.3, 0.4) is 0 Å². The predicted molar refractivity (Wildman–Crippen MR) is 79.8 cm³/mol. The Balaban J connectivity index is 1.58. The molecule has 0 aromatic rings. The van der Waals surface area contributed by atoms with Crippen LogP contribution in [0.1, 0.15) is 38.5 Å². The minimum Gasteiger partial charge on any atom is -0.354 e. The van der Waals surface area contributed by atoms with Gasteiger partial charge in [-0.05, 0) is 58.2 Å². The Bertz CT molecular complexity index is 395. The fraction of sp³-hybridized carbons (Fsp3) is 0.867. The van der Waals surface area contributed by atoms with Gasteiger partial charge in [0.25, 0.3) is 0 Å². The smallest absolute Gasteiger partial charge is 0.242 e. The summed E-state index contributed by atoms with van der Waals surface area (Å²) >= 11 is 0. The van der Waals surface area contributed by atoms with Crippen molar-refractivity contribution in [1.82, 2.24) is 20.9 Å². The molecule has 3 aliphatic rings. The molecule has 6 heteroatoms. The Morgan fingerprint density at radius 3 is 2.67 bits per heavy atom. The van der Waals surface area contributed by atoms with E-state index < -0.39 is 0 Å². The van der Waals surface area contributed by atoms with Crippen LogP contribution in [0.25, 0.3) is 0 Å². The molecule has 3 saturated heterocycles. The molecule has 3 rings (SSSR count). The summed E-state index contributed by atoms with van der Waals surface area (Å²) in [7, 11) is 0. The molecular formula is C15H26N4O2. The minimum absolute atomic E-state index is 0.0268. The number of likely N-dealkylation sites (tertiary alicyclic amines) is 1. The van der Waals surface area contributed by atoms with Gasteiger partial charge in [0, 0.05) is 12.6 Å². The van der Waals surface area contributed by atoms with Gasteiger partial charge in [-0.2, -0.15) is 0 Å². The molecule has 0 saturated carbocycles. The highest BCUT2D eigenvalue weighted by Gasteiger charge is 2.37. The molecule has 0 bridgehead atoms. The van der Waals surface area contributed by atoms with E-state index in [0.29, 0.717) is 6.04 Å². The van der Waals surface area contributed by atoms with E-state index in [1.54, 1.807) is 0 Å². The number of amides is 2. The largest absolute Gasteiger partial charge is 0.354 e. The van der Waals surface area contributed by atoms with E-state index in [4.69, 9.17) is 0 Å². The van der Waals surface area contributed by atoms with Crippen LogP contribution >= 0.6 is 0 Å². The van der Waals surface area contributed by atoms with Crippen LogP contribution in [-0.2, 0) is 9.59 Å². The molecule has 21 heavy (non-hydrogen) atoms. The van der Waals surface area contributed by atoms with Crippen molar-refractivity contribution in [1.29, 1.82) is 0 Å². The van der Waals surface area contributed by atoms with E-state index in [-0.39, 0.29) is 23.9 Å². The van der Waals surface area contributed by atoms with Gasteiger partial charge >= 0.3 is 0 Å². The Kier molecular flexibility index (Phi) is 4.75. The van der Waals surface area contributed by atoms with E-state index >= 15 is 0 Å². The normalized spacial score (nSPS) is 31.9. The molecule has 0 aliphatic carbocycles. The predicted octanol–water partition coefficient (Wildman–Crippen LogP) is -0.402. The van der Waals surface area contributed by atoms with Crippen LogP contribution < -0.4 is 16.0 Å². The SMILES string of the molecule is O=C1NCCCC1NC(=O)C1CCCN1C1CCNCC1. The third-order valence-electron chi connectivity index (χ3n) is 4.98. The van der Waals surface area contributed by atoms with Crippen LogP contribution in [0.15, 0.2) is 0 Å². The summed E-state index contributed by atoms with van der Waals surface area (Å²) in [5.41, 5.74) is 0. The van der Waals surface area contributed by atoms with Crippen LogP contribution in [0.5, 0.6) is 0 Å². The summed E-state index contributed by atoms with van der Waals surface area (Å²) in [6.45, 7) is 3.83. The van der Waals surface area contributed by atoms with Crippen molar-refractivity contribution >= 4 is 11.8 Å². The van der Waals surface area contributed by atoms with Gasteiger partial charge in [-0.15, -0.1) is 0 Å². The van der Waals surface area contributed by atoms with Gasteiger partial charge in [0.1, 0.15) is 6.04 Å². The second-order valence-electron chi connectivity index (χ2n) is 6.37. The summed E-state index contributed by atoms with van der Waals surface area (Å²) < 4.78 is 0. The van der Waals surface area contributed by atoms with E-state index in [2.05, 4.69) is 20.9 Å². The molecule has 3 N–H and O–H groups in total. The average Bonchev–Trinajstić information content (AvgIpc) is 3.00. The Morgan fingerprint density at radius 1 is 1.10 bits per heavy atom. The van der Waals surface area contributed by atoms with E-state index in [1.807, 2.05) is 0 Å². The Labute approximate surface area is 126 Å². The van der Waals surface area contributed by atoms with E-state index in [9.17, 15) is 9.59 Å². The first-order chi connectivity index (χ1) is 10.3. The summed E-state index contributed by atoms with van der Waals surface area (Å²) in [5, 5.41) is 9.17. The lowest BCUT2D eigenvalue weighted by Gasteiger charge is -2.35. The minimum atomic E-state index is -0.332. The summed E-state index contributed by atoms with van der Waals surface area (Å²) in [6, 6.07) is 0.147. The maximum absolute atomic E-state index is 12.6. The lowest BCUT2D eigenvalue weighted by molar-refractivity contribution is -0.132. The molecule has 0 aromatic heterocycles. The number of nitrogens with one attached hydrogen (secondary N) is 3. The van der Waals surface area contributed by atoms with Crippen molar-refractivity contribution in [2.75, 3.05) is 26.2 Å². The zero-order valence-corrected chi connectivity index (χ0v) is 12.6. The number of piperidine rings is 2. The van der Waals surface area contributed by atoms with Crippen LogP contribution in [-0.4, -0.2) is 61.0 Å². The van der Waals surface area contributed by atoms with E-state index in [1.165, 1.54) is 0 Å². The Morgan fingerprint density at radius 2 is 1.90 bits per heavy atom. The first kappa shape index (κ1) is 14.8. The molecule has 3 heterocycles. The molecule has 0 aromatic carbocycles. The van der Waals surface area contributed by atoms with Gasteiger partial charge in [-0.25, -0.2) is 0 Å². The van der Waals surface area contributed by atoms with Crippen LogP contribution in [0.2, 0.25) is 0 Å². The van der Waals surface area contributed by atoms with Crippen molar-refractivity contribution < 1.29 is 9.59 Å². The van der Waals surface area contributed by atoms with Gasteiger partial charge in [0.15, 0.2) is 0 Å². The zero-order valence-electron chi connectivity index (χ0n) is 12.6. The first-order valence-corrected chi connectivity index (χ1v) is 8.30. The molecule has 3 aliphatic heterocycles. The number of rotatable bonds is 3. The summed E-state index contributed by atoms with van der Waals surface area (Å²) in [5.74, 6) is 0.0223. The number of carbonyl (C=O) groups is 2. The maximum atomic E-state index is 12.6. The average molecular weight is 294 g/mol. The Hall–Kier alpha value is -1.14. The summed E-state index contributed by atoms with van der Waals surface area (Å²) in [6.07, 6.45) is 5.95. The number of carbonyl (C=O) groups excluding carboxylic acids is 2. The molecule has 2 atom stereocenters. The van der Waals surface area contributed by atoms with Gasteiger partial charge in [-0.1, -0.05) is 0 Å². The highest BCUT2D eigenvalue weighted by Crippen LogP contribution is 2.24. The van der Waals surface area contributed by atoms with Gasteiger partial charge in [-0.3, -0.25) is 14.5 Å². The van der Waals surface area contributed by atoms with Crippen molar-refractivity contribution in [3.63, 3.8) is 0 Å². The molecular weight excluding hydrogens is 268 g/mol. The zero-order chi connectivity index (χ0) is 14.7. The monoisotopic (exact) mass is 294 g/mol. The molecule has 0 radical (unpaired) electrons. The first-order valence-electron chi connectivity index (χ1n) is 8.30. The van der Waals surface area contributed by atoms with Crippen LogP contribution in [0, 0.1) is 0 Å².